The van der Waals surface area contributed by atoms with E-state index in [1.165, 1.54) is 37.7 Å². The van der Waals surface area contributed by atoms with Gasteiger partial charge in [-0.3, -0.25) is 0 Å². The molecule has 1 saturated carbocycles. The Kier molecular flexibility index (Phi) is 5.45. The minimum absolute atomic E-state index is 0.659. The van der Waals surface area contributed by atoms with Gasteiger partial charge in [0.2, 0.25) is 0 Å². The van der Waals surface area contributed by atoms with Crippen LogP contribution in [0.25, 0.3) is 0 Å². The van der Waals surface area contributed by atoms with Gasteiger partial charge in [-0.1, -0.05) is 68.4 Å². The molecule has 0 amide bonds. The van der Waals surface area contributed by atoms with Crippen LogP contribution in [0.15, 0.2) is 24.3 Å². The maximum atomic E-state index is 3.74. The standard InChI is InChI=1S/C18H31NSi/c1-15(17-8-6-5-7-9-17)19-14-16-10-12-18(13-11-16)20(2,3)4/h10-13,15,17,19H,5-9,14H2,1-4H3. The highest BCUT2D eigenvalue weighted by Crippen LogP contribution is 2.26. The Morgan fingerprint density at radius 2 is 1.65 bits per heavy atom. The van der Waals surface area contributed by atoms with Gasteiger partial charge in [0.15, 0.2) is 0 Å². The summed E-state index contributed by atoms with van der Waals surface area (Å²) in [4.78, 5) is 0. The van der Waals surface area contributed by atoms with E-state index in [1.54, 1.807) is 5.19 Å². The second-order valence-electron chi connectivity index (χ2n) is 7.51. The Balaban J connectivity index is 1.84. The SMILES string of the molecule is CC(NCc1ccc([Si](C)(C)C)cc1)C1CCCCC1. The van der Waals surface area contributed by atoms with Gasteiger partial charge in [-0.25, -0.2) is 0 Å². The lowest BCUT2D eigenvalue weighted by Gasteiger charge is -2.28. The molecular formula is C18H31NSi. The molecule has 1 fully saturated rings. The number of nitrogens with one attached hydrogen (secondary N) is 1. The van der Waals surface area contributed by atoms with Gasteiger partial charge in [0.1, 0.15) is 0 Å². The quantitative estimate of drug-likeness (QED) is 0.797. The molecule has 2 rings (SSSR count). The zero-order chi connectivity index (χ0) is 14.6. The normalized spacial score (nSPS) is 19.0. The second kappa shape index (κ2) is 6.90. The predicted octanol–water partition coefficient (Wildman–Crippen LogP) is 4.29. The molecule has 0 heterocycles. The van der Waals surface area contributed by atoms with E-state index in [0.29, 0.717) is 6.04 Å². The van der Waals surface area contributed by atoms with Crippen molar-refractivity contribution in [1.29, 1.82) is 0 Å². The van der Waals surface area contributed by atoms with Crippen molar-refractivity contribution in [2.75, 3.05) is 0 Å². The van der Waals surface area contributed by atoms with Crippen LogP contribution in [-0.2, 0) is 6.54 Å². The molecule has 1 aliphatic rings. The minimum Gasteiger partial charge on any atom is -0.310 e. The monoisotopic (exact) mass is 289 g/mol. The Morgan fingerprint density at radius 1 is 1.05 bits per heavy atom. The summed E-state index contributed by atoms with van der Waals surface area (Å²) in [5.74, 6) is 0.894. The van der Waals surface area contributed by atoms with Crippen LogP contribution >= 0.6 is 0 Å². The zero-order valence-corrected chi connectivity index (χ0v) is 14.7. The van der Waals surface area contributed by atoms with Gasteiger partial charge < -0.3 is 5.32 Å². The minimum atomic E-state index is -1.15. The van der Waals surface area contributed by atoms with Gasteiger partial charge in [-0.05, 0) is 31.2 Å². The number of benzene rings is 1. The third kappa shape index (κ3) is 4.46. The van der Waals surface area contributed by atoms with E-state index >= 15 is 0 Å². The maximum Gasteiger partial charge on any atom is 0.0775 e. The number of hydrogen-bond acceptors (Lipinski definition) is 1. The van der Waals surface area contributed by atoms with Gasteiger partial charge >= 0.3 is 0 Å². The van der Waals surface area contributed by atoms with Crippen molar-refractivity contribution in [1.82, 2.24) is 5.32 Å². The Labute approximate surface area is 126 Å². The molecule has 0 saturated heterocycles. The third-order valence-electron chi connectivity index (χ3n) is 4.81. The first-order valence-electron chi connectivity index (χ1n) is 8.29. The number of rotatable bonds is 5. The fourth-order valence-corrected chi connectivity index (χ4v) is 4.37. The van der Waals surface area contributed by atoms with Crippen LogP contribution in [0, 0.1) is 5.92 Å². The molecule has 1 nitrogen and oxygen atoms in total. The Morgan fingerprint density at radius 3 is 2.20 bits per heavy atom. The van der Waals surface area contributed by atoms with Crippen molar-refractivity contribution in [3.05, 3.63) is 29.8 Å². The van der Waals surface area contributed by atoms with Gasteiger partial charge in [0, 0.05) is 12.6 Å². The molecule has 0 radical (unpaired) electrons. The summed E-state index contributed by atoms with van der Waals surface area (Å²) in [6.07, 6.45) is 7.15. The first-order chi connectivity index (χ1) is 9.47. The van der Waals surface area contributed by atoms with Crippen LogP contribution in [0.4, 0.5) is 0 Å². The van der Waals surface area contributed by atoms with E-state index in [9.17, 15) is 0 Å². The van der Waals surface area contributed by atoms with Crippen LogP contribution in [0.2, 0.25) is 19.6 Å². The van der Waals surface area contributed by atoms with Gasteiger partial charge in [-0.15, -0.1) is 0 Å². The lowest BCUT2D eigenvalue weighted by atomic mass is 9.84. The van der Waals surface area contributed by atoms with Crippen molar-refractivity contribution in [3.63, 3.8) is 0 Å². The lowest BCUT2D eigenvalue weighted by Crippen LogP contribution is -2.37. The summed E-state index contributed by atoms with van der Waals surface area (Å²) in [7, 11) is -1.15. The molecule has 1 unspecified atom stereocenters. The van der Waals surface area contributed by atoms with E-state index < -0.39 is 8.07 Å². The van der Waals surface area contributed by atoms with E-state index in [1.807, 2.05) is 0 Å². The third-order valence-corrected chi connectivity index (χ3v) is 6.87. The summed E-state index contributed by atoms with van der Waals surface area (Å²) in [5, 5.41) is 5.30. The molecule has 1 aliphatic carbocycles. The molecule has 20 heavy (non-hydrogen) atoms. The van der Waals surface area contributed by atoms with Crippen LogP contribution in [0.3, 0.4) is 0 Å². The highest BCUT2D eigenvalue weighted by atomic mass is 28.3. The largest absolute Gasteiger partial charge is 0.310 e. The molecule has 1 atom stereocenters. The van der Waals surface area contributed by atoms with Crippen molar-refractivity contribution < 1.29 is 0 Å². The molecule has 1 aromatic carbocycles. The van der Waals surface area contributed by atoms with E-state index in [0.717, 1.165) is 12.5 Å². The average Bonchev–Trinajstić information content (AvgIpc) is 2.45. The topological polar surface area (TPSA) is 12.0 Å². The van der Waals surface area contributed by atoms with E-state index in [4.69, 9.17) is 0 Å². The zero-order valence-electron chi connectivity index (χ0n) is 13.7. The molecular weight excluding hydrogens is 258 g/mol. The van der Waals surface area contributed by atoms with Gasteiger partial charge in [-0.2, -0.15) is 0 Å². The highest BCUT2D eigenvalue weighted by Gasteiger charge is 2.19. The van der Waals surface area contributed by atoms with E-state index in [-0.39, 0.29) is 0 Å². The molecule has 112 valence electrons. The van der Waals surface area contributed by atoms with Crippen LogP contribution in [0.1, 0.15) is 44.6 Å². The highest BCUT2D eigenvalue weighted by molar-refractivity contribution is 6.88. The molecule has 0 spiro atoms. The second-order valence-corrected chi connectivity index (χ2v) is 12.6. The summed E-state index contributed by atoms with van der Waals surface area (Å²) in [6, 6.07) is 9.97. The summed E-state index contributed by atoms with van der Waals surface area (Å²) in [6.45, 7) is 10.6. The van der Waals surface area contributed by atoms with Crippen molar-refractivity contribution in [3.8, 4) is 0 Å². The molecule has 0 aromatic heterocycles. The van der Waals surface area contributed by atoms with Crippen LogP contribution in [0.5, 0.6) is 0 Å². The van der Waals surface area contributed by atoms with Crippen molar-refractivity contribution >= 4 is 13.3 Å². The number of hydrogen-bond donors (Lipinski definition) is 1. The molecule has 0 aliphatic heterocycles. The van der Waals surface area contributed by atoms with Crippen molar-refractivity contribution in [2.24, 2.45) is 5.92 Å². The fourth-order valence-electron chi connectivity index (χ4n) is 3.20. The summed E-state index contributed by atoms with van der Waals surface area (Å²) in [5.41, 5.74) is 1.43. The molecule has 2 heteroatoms. The predicted molar refractivity (Wildman–Crippen MR) is 92.3 cm³/mol. The maximum absolute atomic E-state index is 3.74. The van der Waals surface area contributed by atoms with Crippen LogP contribution < -0.4 is 10.5 Å². The first kappa shape index (κ1) is 15.8. The smallest absolute Gasteiger partial charge is 0.0775 e. The van der Waals surface area contributed by atoms with Crippen LogP contribution in [-0.4, -0.2) is 14.1 Å². The lowest BCUT2D eigenvalue weighted by molar-refractivity contribution is 0.280. The average molecular weight is 290 g/mol. The summed E-state index contributed by atoms with van der Waals surface area (Å²) < 4.78 is 0. The van der Waals surface area contributed by atoms with Crippen molar-refractivity contribution in [2.45, 2.75) is 71.3 Å². The molecule has 0 bridgehead atoms. The van der Waals surface area contributed by atoms with Gasteiger partial charge in [0.05, 0.1) is 8.07 Å². The first-order valence-corrected chi connectivity index (χ1v) is 11.8. The van der Waals surface area contributed by atoms with Gasteiger partial charge in [0.25, 0.3) is 0 Å². The Bertz CT molecular complexity index is 398. The van der Waals surface area contributed by atoms with E-state index in [2.05, 4.69) is 56.1 Å². The summed E-state index contributed by atoms with van der Waals surface area (Å²) >= 11 is 0. The fraction of sp³-hybridized carbons (Fsp3) is 0.667. The molecule has 1 aromatic rings. The Hall–Kier alpha value is -0.603. The molecule has 1 N–H and O–H groups in total.